The number of amides is 1. The Hall–Kier alpha value is -3.52. The van der Waals surface area contributed by atoms with Gasteiger partial charge in [0.1, 0.15) is 13.2 Å². The molecular formula is C25H28N2O5S. The number of hydrogen-bond acceptors (Lipinski definition) is 5. The molecule has 0 aliphatic carbocycles. The van der Waals surface area contributed by atoms with Crippen molar-refractivity contribution in [3.8, 4) is 11.5 Å². The molecule has 0 aromatic heterocycles. The molecule has 1 amide bonds. The summed E-state index contributed by atoms with van der Waals surface area (Å²) in [6.45, 7) is 3.82. The van der Waals surface area contributed by atoms with Crippen molar-refractivity contribution in [2.45, 2.75) is 18.7 Å². The van der Waals surface area contributed by atoms with E-state index in [0.29, 0.717) is 17.2 Å². The molecule has 0 heterocycles. The fourth-order valence-electron chi connectivity index (χ4n) is 3.21. The molecule has 0 spiro atoms. The zero-order chi connectivity index (χ0) is 23.8. The zero-order valence-electron chi connectivity index (χ0n) is 18.9. The first-order valence-electron chi connectivity index (χ1n) is 10.5. The minimum atomic E-state index is -3.94. The number of rotatable bonds is 10. The van der Waals surface area contributed by atoms with Gasteiger partial charge in [0.15, 0.2) is 11.5 Å². The van der Waals surface area contributed by atoms with Gasteiger partial charge in [-0.3, -0.25) is 9.10 Å². The Morgan fingerprint density at radius 2 is 1.61 bits per heavy atom. The molecule has 33 heavy (non-hydrogen) atoms. The maximum absolute atomic E-state index is 13.4. The van der Waals surface area contributed by atoms with Crippen molar-refractivity contribution in [2.24, 2.45) is 0 Å². The molecule has 0 aliphatic heterocycles. The lowest BCUT2D eigenvalue weighted by Gasteiger charge is -2.24. The second kappa shape index (κ2) is 10.9. The zero-order valence-corrected chi connectivity index (χ0v) is 19.8. The van der Waals surface area contributed by atoms with Crippen LogP contribution in [0.4, 0.5) is 5.69 Å². The third kappa shape index (κ3) is 6.26. The average Bonchev–Trinajstić information content (AvgIpc) is 2.80. The fourth-order valence-corrected chi connectivity index (χ4v) is 4.62. The Morgan fingerprint density at radius 3 is 2.27 bits per heavy atom. The third-order valence-electron chi connectivity index (χ3n) is 4.94. The number of carbonyl (C=O) groups is 1. The second-order valence-corrected chi connectivity index (χ2v) is 9.38. The molecule has 8 heteroatoms. The van der Waals surface area contributed by atoms with Crippen LogP contribution in [0.15, 0.2) is 77.7 Å². The summed E-state index contributed by atoms with van der Waals surface area (Å²) in [6.07, 6.45) is 0. The first kappa shape index (κ1) is 24.1. The number of aryl methyl sites for hydroxylation is 2. The van der Waals surface area contributed by atoms with Crippen molar-refractivity contribution in [1.82, 2.24) is 5.32 Å². The highest BCUT2D eigenvalue weighted by atomic mass is 32.2. The molecule has 1 N–H and O–H groups in total. The number of sulfonamides is 1. The SMILES string of the molecule is COc1ccccc1OCCNC(=O)CN(c1cccc(C)c1)S(=O)(=O)c1ccc(C)cc1. The van der Waals surface area contributed by atoms with Crippen molar-refractivity contribution in [3.63, 3.8) is 0 Å². The largest absolute Gasteiger partial charge is 0.493 e. The molecule has 0 unspecified atom stereocenters. The molecule has 7 nitrogen and oxygen atoms in total. The number of para-hydroxylation sites is 2. The van der Waals surface area contributed by atoms with Crippen LogP contribution in [-0.2, 0) is 14.8 Å². The molecule has 0 fully saturated rings. The van der Waals surface area contributed by atoms with E-state index in [1.807, 2.05) is 32.0 Å². The number of methoxy groups -OCH3 is 1. The summed E-state index contributed by atoms with van der Waals surface area (Å²) in [5, 5.41) is 2.73. The summed E-state index contributed by atoms with van der Waals surface area (Å²) in [7, 11) is -2.39. The Balaban J connectivity index is 1.71. The molecule has 3 aromatic rings. The molecule has 3 rings (SSSR count). The maximum Gasteiger partial charge on any atom is 0.264 e. The van der Waals surface area contributed by atoms with Gasteiger partial charge in [-0.15, -0.1) is 0 Å². The van der Waals surface area contributed by atoms with Crippen LogP contribution in [0.1, 0.15) is 11.1 Å². The topological polar surface area (TPSA) is 84.9 Å². The molecular weight excluding hydrogens is 440 g/mol. The quantitative estimate of drug-likeness (QED) is 0.459. The first-order valence-corrected chi connectivity index (χ1v) is 11.9. The number of hydrogen-bond donors (Lipinski definition) is 1. The highest BCUT2D eigenvalue weighted by molar-refractivity contribution is 7.92. The van der Waals surface area contributed by atoms with Gasteiger partial charge in [-0.1, -0.05) is 42.0 Å². The lowest BCUT2D eigenvalue weighted by atomic mass is 10.2. The third-order valence-corrected chi connectivity index (χ3v) is 6.72. The van der Waals surface area contributed by atoms with Crippen LogP contribution in [0.2, 0.25) is 0 Å². The number of carbonyl (C=O) groups excluding carboxylic acids is 1. The Kier molecular flexibility index (Phi) is 7.95. The van der Waals surface area contributed by atoms with E-state index in [0.717, 1.165) is 15.4 Å². The van der Waals surface area contributed by atoms with Gasteiger partial charge in [0.2, 0.25) is 5.91 Å². The van der Waals surface area contributed by atoms with Crippen molar-refractivity contribution >= 4 is 21.6 Å². The van der Waals surface area contributed by atoms with E-state index < -0.39 is 15.9 Å². The number of nitrogens with zero attached hydrogens (tertiary/aromatic N) is 1. The summed E-state index contributed by atoms with van der Waals surface area (Å²) in [6, 6.07) is 20.8. The van der Waals surface area contributed by atoms with Crippen LogP contribution in [0.25, 0.3) is 0 Å². The van der Waals surface area contributed by atoms with Crippen LogP contribution in [-0.4, -0.2) is 41.1 Å². The molecule has 0 bridgehead atoms. The van der Waals surface area contributed by atoms with Gasteiger partial charge in [-0.05, 0) is 55.8 Å². The van der Waals surface area contributed by atoms with Crippen molar-refractivity contribution in [2.75, 3.05) is 31.1 Å². The summed E-state index contributed by atoms with van der Waals surface area (Å²) in [5.74, 6) is 0.729. The van der Waals surface area contributed by atoms with E-state index >= 15 is 0 Å². The Morgan fingerprint density at radius 1 is 0.909 bits per heavy atom. The monoisotopic (exact) mass is 468 g/mol. The van der Waals surface area contributed by atoms with Crippen LogP contribution in [0.3, 0.4) is 0 Å². The number of benzene rings is 3. The van der Waals surface area contributed by atoms with Crippen LogP contribution in [0, 0.1) is 13.8 Å². The molecule has 0 atom stereocenters. The molecule has 0 radical (unpaired) electrons. The van der Waals surface area contributed by atoms with E-state index in [1.165, 1.54) is 0 Å². The Bertz CT molecular complexity index is 1190. The smallest absolute Gasteiger partial charge is 0.264 e. The van der Waals surface area contributed by atoms with Crippen molar-refractivity contribution in [1.29, 1.82) is 0 Å². The first-order chi connectivity index (χ1) is 15.8. The molecule has 174 valence electrons. The molecule has 3 aromatic carbocycles. The lowest BCUT2D eigenvalue weighted by molar-refractivity contribution is -0.119. The fraction of sp³-hybridized carbons (Fsp3) is 0.240. The standard InChI is InChI=1S/C25H28N2O5S/c1-19-11-13-22(14-12-19)33(29,30)27(21-8-6-7-20(2)17-21)18-25(28)26-15-16-32-24-10-5-4-9-23(24)31-3/h4-14,17H,15-16,18H2,1-3H3,(H,26,28). The molecule has 0 saturated carbocycles. The van der Waals surface area contributed by atoms with Crippen molar-refractivity contribution < 1.29 is 22.7 Å². The van der Waals surface area contributed by atoms with E-state index in [-0.39, 0.29) is 24.6 Å². The minimum absolute atomic E-state index is 0.127. The average molecular weight is 469 g/mol. The van der Waals surface area contributed by atoms with E-state index in [9.17, 15) is 13.2 Å². The van der Waals surface area contributed by atoms with Crippen LogP contribution < -0.4 is 19.1 Å². The number of ether oxygens (including phenoxy) is 2. The van der Waals surface area contributed by atoms with Gasteiger partial charge in [0, 0.05) is 0 Å². The summed E-state index contributed by atoms with van der Waals surface area (Å²) in [4.78, 5) is 12.8. The number of nitrogens with one attached hydrogen (secondary N) is 1. The van der Waals surface area contributed by atoms with Gasteiger partial charge in [0.25, 0.3) is 10.0 Å². The Labute approximate surface area is 195 Å². The summed E-state index contributed by atoms with van der Waals surface area (Å²) < 4.78 is 38.8. The minimum Gasteiger partial charge on any atom is -0.493 e. The van der Waals surface area contributed by atoms with Crippen LogP contribution >= 0.6 is 0 Å². The van der Waals surface area contributed by atoms with E-state index in [2.05, 4.69) is 5.32 Å². The van der Waals surface area contributed by atoms with Gasteiger partial charge in [0.05, 0.1) is 24.2 Å². The van der Waals surface area contributed by atoms with E-state index in [4.69, 9.17) is 9.47 Å². The normalized spacial score (nSPS) is 11.0. The van der Waals surface area contributed by atoms with Gasteiger partial charge < -0.3 is 14.8 Å². The maximum atomic E-state index is 13.4. The predicted octanol–water partition coefficient (Wildman–Crippen LogP) is 3.70. The van der Waals surface area contributed by atoms with Gasteiger partial charge >= 0.3 is 0 Å². The summed E-state index contributed by atoms with van der Waals surface area (Å²) >= 11 is 0. The summed E-state index contributed by atoms with van der Waals surface area (Å²) in [5.41, 5.74) is 2.27. The van der Waals surface area contributed by atoms with Crippen LogP contribution in [0.5, 0.6) is 11.5 Å². The second-order valence-electron chi connectivity index (χ2n) is 7.51. The van der Waals surface area contributed by atoms with Gasteiger partial charge in [-0.25, -0.2) is 8.42 Å². The number of anilines is 1. The molecule has 0 saturated heterocycles. The molecule has 0 aliphatic rings. The van der Waals surface area contributed by atoms with E-state index in [1.54, 1.807) is 61.7 Å². The lowest BCUT2D eigenvalue weighted by Crippen LogP contribution is -2.42. The predicted molar refractivity (Wildman–Crippen MR) is 128 cm³/mol. The highest BCUT2D eigenvalue weighted by Crippen LogP contribution is 2.26. The highest BCUT2D eigenvalue weighted by Gasteiger charge is 2.27. The van der Waals surface area contributed by atoms with Gasteiger partial charge in [-0.2, -0.15) is 0 Å². The van der Waals surface area contributed by atoms with Crippen molar-refractivity contribution in [3.05, 3.63) is 83.9 Å².